The maximum Gasteiger partial charge on any atom is 0.120 e. The molecule has 0 radical (unpaired) electrons. The van der Waals surface area contributed by atoms with E-state index in [1.165, 1.54) is 37.8 Å². The molecule has 0 unspecified atom stereocenters. The lowest BCUT2D eigenvalue weighted by molar-refractivity contribution is 0.437. The lowest BCUT2D eigenvalue weighted by Gasteiger charge is -2.19. The van der Waals surface area contributed by atoms with E-state index in [0.717, 1.165) is 18.3 Å². The first-order valence-electron chi connectivity index (χ1n) is 6.53. The molecular weight excluding hydrogens is 198 g/mol. The Bertz CT molecular complexity index is 311. The molecule has 3 heteroatoms. The van der Waals surface area contributed by atoms with Crippen molar-refractivity contribution < 1.29 is 0 Å². The third-order valence-corrected chi connectivity index (χ3v) is 3.37. The highest BCUT2D eigenvalue weighted by Gasteiger charge is 2.17. The van der Waals surface area contributed by atoms with Crippen molar-refractivity contribution in [2.75, 3.05) is 0 Å². The Labute approximate surface area is 98.1 Å². The van der Waals surface area contributed by atoms with E-state index in [4.69, 9.17) is 0 Å². The molecule has 1 heterocycles. The first-order chi connectivity index (χ1) is 7.75. The van der Waals surface area contributed by atoms with Crippen LogP contribution in [0.4, 0.5) is 0 Å². The molecule has 0 aromatic carbocycles. The van der Waals surface area contributed by atoms with Gasteiger partial charge in [-0.1, -0.05) is 33.1 Å². The number of aromatic amines is 1. The molecule has 3 nitrogen and oxygen atoms in total. The van der Waals surface area contributed by atoms with E-state index in [0.29, 0.717) is 6.04 Å². The van der Waals surface area contributed by atoms with Crippen LogP contribution in [0.3, 0.4) is 0 Å². The Morgan fingerprint density at radius 1 is 1.38 bits per heavy atom. The monoisotopic (exact) mass is 221 g/mol. The standard InChI is InChI=1S/C13H23N3/c1-10(2)14-9-13-15-8-12(16-13)11-6-4-3-5-7-11/h8,10-11,14H,3-7,9H2,1-2H3,(H,15,16). The maximum absolute atomic E-state index is 4.45. The fourth-order valence-electron chi connectivity index (χ4n) is 2.39. The zero-order valence-electron chi connectivity index (χ0n) is 10.4. The van der Waals surface area contributed by atoms with Gasteiger partial charge < -0.3 is 10.3 Å². The molecule has 1 aromatic heterocycles. The van der Waals surface area contributed by atoms with E-state index in [9.17, 15) is 0 Å². The molecule has 0 bridgehead atoms. The van der Waals surface area contributed by atoms with Crippen molar-refractivity contribution >= 4 is 0 Å². The number of imidazole rings is 1. The number of H-pyrrole nitrogens is 1. The molecule has 1 fully saturated rings. The molecule has 0 spiro atoms. The molecule has 16 heavy (non-hydrogen) atoms. The van der Waals surface area contributed by atoms with E-state index >= 15 is 0 Å². The second-order valence-corrected chi connectivity index (χ2v) is 5.16. The summed E-state index contributed by atoms with van der Waals surface area (Å²) >= 11 is 0. The summed E-state index contributed by atoms with van der Waals surface area (Å²) in [4.78, 5) is 7.91. The number of hydrogen-bond acceptors (Lipinski definition) is 2. The van der Waals surface area contributed by atoms with E-state index < -0.39 is 0 Å². The summed E-state index contributed by atoms with van der Waals surface area (Å²) in [7, 11) is 0. The Kier molecular flexibility index (Phi) is 3.99. The van der Waals surface area contributed by atoms with Gasteiger partial charge in [0.25, 0.3) is 0 Å². The van der Waals surface area contributed by atoms with Crippen LogP contribution in [0.15, 0.2) is 6.20 Å². The van der Waals surface area contributed by atoms with Crippen LogP contribution >= 0.6 is 0 Å². The minimum Gasteiger partial charge on any atom is -0.345 e. The van der Waals surface area contributed by atoms with Crippen LogP contribution in [0.2, 0.25) is 0 Å². The van der Waals surface area contributed by atoms with Gasteiger partial charge in [-0.2, -0.15) is 0 Å². The number of nitrogens with zero attached hydrogens (tertiary/aromatic N) is 1. The van der Waals surface area contributed by atoms with Crippen LogP contribution < -0.4 is 5.32 Å². The van der Waals surface area contributed by atoms with Gasteiger partial charge in [0.2, 0.25) is 0 Å². The second-order valence-electron chi connectivity index (χ2n) is 5.16. The first-order valence-corrected chi connectivity index (χ1v) is 6.53. The normalized spacial score (nSPS) is 18.2. The zero-order valence-corrected chi connectivity index (χ0v) is 10.4. The van der Waals surface area contributed by atoms with Crippen molar-refractivity contribution in [1.29, 1.82) is 0 Å². The molecule has 0 saturated heterocycles. The number of aromatic nitrogens is 2. The van der Waals surface area contributed by atoms with Gasteiger partial charge in [0.15, 0.2) is 0 Å². The summed E-state index contributed by atoms with van der Waals surface area (Å²) in [5.74, 6) is 1.81. The SMILES string of the molecule is CC(C)NCc1ncc(C2CCCCC2)[nH]1. The molecule has 0 atom stereocenters. The molecule has 90 valence electrons. The van der Waals surface area contributed by atoms with E-state index in [1.54, 1.807) is 0 Å². The summed E-state index contributed by atoms with van der Waals surface area (Å²) in [5.41, 5.74) is 1.35. The summed E-state index contributed by atoms with van der Waals surface area (Å²) in [6.45, 7) is 5.17. The number of hydrogen-bond donors (Lipinski definition) is 2. The van der Waals surface area contributed by atoms with Crippen molar-refractivity contribution in [3.63, 3.8) is 0 Å². The molecule has 1 aromatic rings. The van der Waals surface area contributed by atoms with Crippen LogP contribution in [0.25, 0.3) is 0 Å². The lowest BCUT2D eigenvalue weighted by atomic mass is 9.87. The predicted molar refractivity (Wildman–Crippen MR) is 66.4 cm³/mol. The van der Waals surface area contributed by atoms with Gasteiger partial charge in [-0.15, -0.1) is 0 Å². The highest BCUT2D eigenvalue weighted by molar-refractivity contribution is 5.08. The first kappa shape index (κ1) is 11.6. The molecule has 0 amide bonds. The number of nitrogens with one attached hydrogen (secondary N) is 2. The van der Waals surface area contributed by atoms with Crippen molar-refractivity contribution in [3.05, 3.63) is 17.7 Å². The second kappa shape index (κ2) is 5.48. The molecule has 1 aliphatic rings. The van der Waals surface area contributed by atoms with Crippen LogP contribution in [0.1, 0.15) is 63.4 Å². The van der Waals surface area contributed by atoms with Crippen LogP contribution in [-0.4, -0.2) is 16.0 Å². The fourth-order valence-corrected chi connectivity index (χ4v) is 2.39. The molecule has 2 rings (SSSR count). The van der Waals surface area contributed by atoms with Gasteiger partial charge in [0, 0.05) is 23.9 Å². The Morgan fingerprint density at radius 3 is 2.81 bits per heavy atom. The average Bonchev–Trinajstić information content (AvgIpc) is 2.76. The van der Waals surface area contributed by atoms with Gasteiger partial charge in [-0.25, -0.2) is 4.98 Å². The molecule has 2 N–H and O–H groups in total. The Morgan fingerprint density at radius 2 is 2.12 bits per heavy atom. The molecule has 1 aliphatic carbocycles. The lowest BCUT2D eigenvalue weighted by Crippen LogP contribution is -2.22. The van der Waals surface area contributed by atoms with Crippen molar-refractivity contribution in [1.82, 2.24) is 15.3 Å². The van der Waals surface area contributed by atoms with E-state index in [1.807, 2.05) is 6.20 Å². The van der Waals surface area contributed by atoms with Gasteiger partial charge in [-0.05, 0) is 12.8 Å². The predicted octanol–water partition coefficient (Wildman–Crippen LogP) is 2.96. The topological polar surface area (TPSA) is 40.7 Å². The van der Waals surface area contributed by atoms with Crippen molar-refractivity contribution in [3.8, 4) is 0 Å². The van der Waals surface area contributed by atoms with Crippen molar-refractivity contribution in [2.24, 2.45) is 0 Å². The Balaban J connectivity index is 1.90. The quantitative estimate of drug-likeness (QED) is 0.820. The highest BCUT2D eigenvalue weighted by atomic mass is 15.0. The zero-order chi connectivity index (χ0) is 11.4. The van der Waals surface area contributed by atoms with E-state index in [-0.39, 0.29) is 0 Å². The molecule has 0 aliphatic heterocycles. The van der Waals surface area contributed by atoms with E-state index in [2.05, 4.69) is 29.1 Å². The minimum absolute atomic E-state index is 0.517. The summed E-state index contributed by atoms with van der Waals surface area (Å²) in [6.07, 6.45) is 8.87. The maximum atomic E-state index is 4.45. The van der Waals surface area contributed by atoms with Crippen LogP contribution in [0.5, 0.6) is 0 Å². The fraction of sp³-hybridized carbons (Fsp3) is 0.769. The third kappa shape index (κ3) is 3.08. The van der Waals surface area contributed by atoms with Crippen LogP contribution in [0, 0.1) is 0 Å². The summed E-state index contributed by atoms with van der Waals surface area (Å²) in [6, 6.07) is 0.517. The van der Waals surface area contributed by atoms with Gasteiger partial charge in [0.05, 0.1) is 6.54 Å². The summed E-state index contributed by atoms with van der Waals surface area (Å²) < 4.78 is 0. The van der Waals surface area contributed by atoms with Crippen LogP contribution in [-0.2, 0) is 6.54 Å². The summed E-state index contributed by atoms with van der Waals surface area (Å²) in [5, 5.41) is 3.38. The molecule has 1 saturated carbocycles. The average molecular weight is 221 g/mol. The van der Waals surface area contributed by atoms with Crippen molar-refractivity contribution in [2.45, 2.75) is 64.5 Å². The molecular formula is C13H23N3. The van der Waals surface area contributed by atoms with Gasteiger partial charge >= 0.3 is 0 Å². The smallest absolute Gasteiger partial charge is 0.120 e. The third-order valence-electron chi connectivity index (χ3n) is 3.37. The van der Waals surface area contributed by atoms with Gasteiger partial charge in [0.1, 0.15) is 5.82 Å². The Hall–Kier alpha value is -0.830. The van der Waals surface area contributed by atoms with Gasteiger partial charge in [-0.3, -0.25) is 0 Å². The minimum atomic E-state index is 0.517. The number of rotatable bonds is 4. The largest absolute Gasteiger partial charge is 0.345 e. The highest BCUT2D eigenvalue weighted by Crippen LogP contribution is 2.31.